The molecule has 15 heteroatoms. The molecular formula is C40H50F2N8O4S. The fraction of sp³-hybridized carbons (Fsp3) is 0.550. The van der Waals surface area contributed by atoms with Crippen LogP contribution in [0.2, 0.25) is 0 Å². The third kappa shape index (κ3) is 7.37. The molecule has 7 heterocycles. The maximum atomic E-state index is 16.1. The molecule has 2 saturated heterocycles. The van der Waals surface area contributed by atoms with Crippen molar-refractivity contribution in [3.63, 3.8) is 0 Å². The van der Waals surface area contributed by atoms with Gasteiger partial charge in [-0.3, -0.25) is 19.6 Å². The number of pyridine rings is 1. The van der Waals surface area contributed by atoms with E-state index in [4.69, 9.17) is 25.2 Å². The third-order valence-electron chi connectivity index (χ3n) is 11.5. The number of esters is 1. The first kappa shape index (κ1) is 37.9. The lowest BCUT2D eigenvalue weighted by Gasteiger charge is -2.35. The Bertz CT molecular complexity index is 2130. The fourth-order valence-electron chi connectivity index (χ4n) is 8.49. The Morgan fingerprint density at radius 3 is 2.65 bits per heavy atom. The summed E-state index contributed by atoms with van der Waals surface area (Å²) in [6.45, 7) is 9.42. The molecule has 0 spiro atoms. The Hall–Kier alpha value is -4.02. The fourth-order valence-corrected chi connectivity index (χ4v) is 9.35. The van der Waals surface area contributed by atoms with Gasteiger partial charge in [0.25, 0.3) is 11.8 Å². The summed E-state index contributed by atoms with van der Waals surface area (Å²) in [7, 11) is 3.74. The highest BCUT2D eigenvalue weighted by molar-refractivity contribution is 7.10. The Labute approximate surface area is 323 Å². The molecule has 3 N–H and O–H groups in total. The number of ether oxygens (including phenoxy) is 2. The predicted octanol–water partition coefficient (Wildman–Crippen LogP) is 4.97. The van der Waals surface area contributed by atoms with E-state index in [0.717, 1.165) is 53.9 Å². The number of hydrazine groups is 1. The molecule has 3 atom stereocenters. The molecule has 0 saturated carbocycles. The van der Waals surface area contributed by atoms with Gasteiger partial charge in [0.1, 0.15) is 6.04 Å². The van der Waals surface area contributed by atoms with Crippen molar-refractivity contribution in [1.82, 2.24) is 29.9 Å². The predicted molar refractivity (Wildman–Crippen MR) is 208 cm³/mol. The molecule has 1 amide bonds. The van der Waals surface area contributed by atoms with E-state index in [1.165, 1.54) is 16.3 Å². The summed E-state index contributed by atoms with van der Waals surface area (Å²) in [6.07, 6.45) is 2.78. The zero-order valence-electron chi connectivity index (χ0n) is 32.2. The number of aromatic nitrogens is 3. The largest absolute Gasteiger partial charge is 0.464 e. The number of carbonyl (C=O) groups is 2. The van der Waals surface area contributed by atoms with Crippen LogP contribution in [-0.2, 0) is 44.9 Å². The SMILES string of the molecule is CO[C@@H](C)c1ncc(N2CCN(C)CC2)cc1-c1c2c3cc(cc4c3n1CC(F)(F)C4)-c1csc(n1)C[C@H](N)C(=O)N1CCC[C@H](N1)C(=O)OCC(C)(C)C2. The number of alkyl halides is 2. The maximum Gasteiger partial charge on any atom is 0.324 e. The van der Waals surface area contributed by atoms with Crippen LogP contribution in [0.25, 0.3) is 33.4 Å². The Kier molecular flexibility index (Phi) is 9.98. The number of nitrogens with zero attached hydrogens (tertiary/aromatic N) is 6. The number of amides is 1. The van der Waals surface area contributed by atoms with Crippen molar-refractivity contribution in [2.75, 3.05) is 58.4 Å². The molecule has 0 aliphatic carbocycles. The van der Waals surface area contributed by atoms with Gasteiger partial charge in [-0.05, 0) is 62.6 Å². The van der Waals surface area contributed by atoms with E-state index in [2.05, 4.69) is 34.4 Å². The molecule has 4 aliphatic rings. The molecule has 1 aromatic carbocycles. The Balaban J connectivity index is 1.35. The standard InChI is InChI=1S/C40H50F2N8O4S/c1-23(53-5)34-28(15-26(19-44-34)48-11-9-47(4)10-12-48)36-29-18-39(2,3)22-54-38(52)31-7-6-8-50(46-31)37(51)30(43)16-33-45-32(20-55-33)24-13-25-17-40(41,42)21-49(36)35(25)27(29)14-24/h13-15,19-20,23,30-31,46H,6-12,16-18,21-22,43H2,1-5H3/t23-,30-,31-/m0/s1. The van der Waals surface area contributed by atoms with Crippen LogP contribution in [0.4, 0.5) is 14.5 Å². The molecule has 55 heavy (non-hydrogen) atoms. The molecule has 2 fully saturated rings. The highest BCUT2D eigenvalue weighted by Crippen LogP contribution is 2.47. The number of piperazine rings is 1. The van der Waals surface area contributed by atoms with Crippen molar-refractivity contribution in [1.29, 1.82) is 0 Å². The van der Waals surface area contributed by atoms with Crippen molar-refractivity contribution in [3.05, 3.63) is 51.6 Å². The molecule has 294 valence electrons. The van der Waals surface area contributed by atoms with Crippen LogP contribution in [0, 0.1) is 5.41 Å². The number of nitrogens with one attached hydrogen (secondary N) is 1. The first-order chi connectivity index (χ1) is 26.2. The van der Waals surface area contributed by atoms with E-state index in [9.17, 15) is 9.59 Å². The monoisotopic (exact) mass is 776 g/mol. The molecule has 12 nitrogen and oxygen atoms in total. The normalized spacial score (nSPS) is 23.8. The lowest BCUT2D eigenvalue weighted by molar-refractivity contribution is -0.154. The van der Waals surface area contributed by atoms with Gasteiger partial charge >= 0.3 is 5.97 Å². The molecular weight excluding hydrogens is 727 g/mol. The van der Waals surface area contributed by atoms with Gasteiger partial charge < -0.3 is 29.6 Å². The van der Waals surface area contributed by atoms with Gasteiger partial charge in [0, 0.05) is 80.0 Å². The summed E-state index contributed by atoms with van der Waals surface area (Å²) >= 11 is 1.39. The first-order valence-electron chi connectivity index (χ1n) is 19.2. The van der Waals surface area contributed by atoms with E-state index in [0.29, 0.717) is 59.0 Å². The summed E-state index contributed by atoms with van der Waals surface area (Å²) in [4.78, 5) is 41.4. The zero-order valence-corrected chi connectivity index (χ0v) is 33.0. The number of cyclic esters (lactones) is 1. The van der Waals surface area contributed by atoms with Crippen LogP contribution in [-0.4, -0.2) is 108 Å². The number of likely N-dealkylation sites (N-methyl/N-ethyl adjacent to an activating group) is 1. The summed E-state index contributed by atoms with van der Waals surface area (Å²) in [6, 6.07) is 4.41. The first-order valence-corrected chi connectivity index (χ1v) is 20.1. The summed E-state index contributed by atoms with van der Waals surface area (Å²) in [5.74, 6) is -3.80. The van der Waals surface area contributed by atoms with Crippen LogP contribution in [0.3, 0.4) is 0 Å². The second-order valence-electron chi connectivity index (χ2n) is 16.5. The minimum absolute atomic E-state index is 0.0721. The van der Waals surface area contributed by atoms with E-state index in [1.807, 2.05) is 38.4 Å². The number of anilines is 1. The second kappa shape index (κ2) is 14.5. The Morgan fingerprint density at radius 1 is 1.11 bits per heavy atom. The second-order valence-corrected chi connectivity index (χ2v) is 17.4. The number of fused-ring (bicyclic) bond motifs is 6. The number of halogens is 2. The number of thiazole rings is 1. The summed E-state index contributed by atoms with van der Waals surface area (Å²) in [5.41, 5.74) is 15.4. The lowest BCUT2D eigenvalue weighted by atomic mass is 9.84. The molecule has 0 radical (unpaired) electrons. The summed E-state index contributed by atoms with van der Waals surface area (Å²) in [5, 5.41) is 4.85. The number of benzene rings is 1. The molecule has 3 aromatic heterocycles. The van der Waals surface area contributed by atoms with Crippen molar-refractivity contribution >= 4 is 39.8 Å². The number of hydrogen-bond acceptors (Lipinski definition) is 11. The van der Waals surface area contributed by atoms with Crippen molar-refractivity contribution in [2.24, 2.45) is 11.1 Å². The van der Waals surface area contributed by atoms with Crippen LogP contribution in [0.5, 0.6) is 0 Å². The van der Waals surface area contributed by atoms with E-state index >= 15 is 8.78 Å². The number of carbonyl (C=O) groups excluding carboxylic acids is 2. The van der Waals surface area contributed by atoms with Crippen molar-refractivity contribution < 1.29 is 27.8 Å². The average molecular weight is 777 g/mol. The highest BCUT2D eigenvalue weighted by atomic mass is 32.1. The van der Waals surface area contributed by atoms with Gasteiger partial charge in [-0.25, -0.2) is 19.2 Å². The molecule has 8 rings (SSSR count). The van der Waals surface area contributed by atoms with Gasteiger partial charge in [-0.1, -0.05) is 13.8 Å². The molecule has 4 aromatic rings. The van der Waals surface area contributed by atoms with Crippen LogP contribution in [0.15, 0.2) is 29.8 Å². The highest BCUT2D eigenvalue weighted by Gasteiger charge is 2.41. The topological polar surface area (TPSA) is 131 Å². The summed E-state index contributed by atoms with van der Waals surface area (Å²) < 4.78 is 45.9. The maximum absolute atomic E-state index is 16.1. The van der Waals surface area contributed by atoms with Gasteiger partial charge in [-0.15, -0.1) is 11.3 Å². The van der Waals surface area contributed by atoms with Gasteiger partial charge in [0.15, 0.2) is 0 Å². The quantitative estimate of drug-likeness (QED) is 0.274. The van der Waals surface area contributed by atoms with Crippen LogP contribution < -0.4 is 16.1 Å². The smallest absolute Gasteiger partial charge is 0.324 e. The average Bonchev–Trinajstić information content (AvgIpc) is 3.74. The van der Waals surface area contributed by atoms with E-state index in [1.54, 1.807) is 11.7 Å². The number of methoxy groups -OCH3 is 1. The van der Waals surface area contributed by atoms with Gasteiger partial charge in [0.2, 0.25) is 0 Å². The van der Waals surface area contributed by atoms with E-state index < -0.39 is 48.5 Å². The number of rotatable bonds is 4. The molecule has 0 unspecified atom stereocenters. The minimum atomic E-state index is -3.03. The van der Waals surface area contributed by atoms with E-state index in [-0.39, 0.29) is 18.9 Å². The van der Waals surface area contributed by atoms with Crippen molar-refractivity contribution in [2.45, 2.75) is 83.5 Å². The van der Waals surface area contributed by atoms with Gasteiger partial charge in [-0.2, -0.15) is 0 Å². The minimum Gasteiger partial charge on any atom is -0.464 e. The number of hydrogen-bond donors (Lipinski definition) is 2. The third-order valence-corrected chi connectivity index (χ3v) is 12.4. The van der Waals surface area contributed by atoms with Crippen LogP contribution in [0.1, 0.15) is 61.5 Å². The zero-order chi connectivity index (χ0) is 38.8. The van der Waals surface area contributed by atoms with Crippen molar-refractivity contribution in [3.8, 4) is 22.5 Å². The Morgan fingerprint density at radius 2 is 1.89 bits per heavy atom. The lowest BCUT2D eigenvalue weighted by Crippen LogP contribution is -2.59. The van der Waals surface area contributed by atoms with Crippen LogP contribution >= 0.6 is 11.3 Å². The molecule has 6 bridgehead atoms. The molecule has 4 aliphatic heterocycles. The number of nitrogens with two attached hydrogens (primary N) is 1. The van der Waals surface area contributed by atoms with Gasteiger partial charge in [0.05, 0.1) is 64.8 Å².